The van der Waals surface area contributed by atoms with Crippen LogP contribution in [0.15, 0.2) is 34.8 Å². The van der Waals surface area contributed by atoms with Crippen molar-refractivity contribution in [3.8, 4) is 0 Å². The summed E-state index contributed by atoms with van der Waals surface area (Å²) in [5.41, 5.74) is 1.01. The fraction of sp³-hybridized carbons (Fsp3) is 0.308. The van der Waals surface area contributed by atoms with Crippen LogP contribution >= 0.6 is 15.9 Å². The van der Waals surface area contributed by atoms with Gasteiger partial charge in [0.2, 0.25) is 5.91 Å². The average molecular weight is 296 g/mol. The third kappa shape index (κ3) is 3.41. The van der Waals surface area contributed by atoms with Crippen LogP contribution in [0.25, 0.3) is 6.08 Å². The second-order valence-electron chi connectivity index (χ2n) is 3.79. The quantitative estimate of drug-likeness (QED) is 0.784. The lowest BCUT2D eigenvalue weighted by molar-refractivity contribution is -0.129. The molecule has 1 fully saturated rings. The molecule has 0 unspecified atom stereocenters. The first-order valence-corrected chi connectivity index (χ1v) is 6.36. The molecular weight excluding hydrogens is 282 g/mol. The van der Waals surface area contributed by atoms with Gasteiger partial charge >= 0.3 is 0 Å². The maximum atomic E-state index is 11.9. The molecule has 1 amide bonds. The van der Waals surface area contributed by atoms with Crippen molar-refractivity contribution in [3.63, 3.8) is 0 Å². The molecule has 0 spiro atoms. The van der Waals surface area contributed by atoms with Crippen molar-refractivity contribution >= 4 is 27.9 Å². The number of rotatable bonds is 2. The second-order valence-corrected chi connectivity index (χ2v) is 4.65. The van der Waals surface area contributed by atoms with Gasteiger partial charge in [0.1, 0.15) is 0 Å². The summed E-state index contributed by atoms with van der Waals surface area (Å²) in [6, 6.07) is 7.82. The van der Waals surface area contributed by atoms with E-state index in [4.69, 9.17) is 4.74 Å². The Morgan fingerprint density at radius 1 is 1.29 bits per heavy atom. The molecule has 0 aliphatic carbocycles. The molecule has 0 bridgehead atoms. The predicted molar refractivity (Wildman–Crippen MR) is 70.6 cm³/mol. The van der Waals surface area contributed by atoms with Gasteiger partial charge in [0.15, 0.2) is 0 Å². The highest BCUT2D eigenvalue weighted by Crippen LogP contribution is 2.17. The van der Waals surface area contributed by atoms with Gasteiger partial charge in [-0.1, -0.05) is 34.1 Å². The summed E-state index contributed by atoms with van der Waals surface area (Å²) in [4.78, 5) is 13.7. The first kappa shape index (κ1) is 12.3. The summed E-state index contributed by atoms with van der Waals surface area (Å²) in [7, 11) is 0. The Morgan fingerprint density at radius 2 is 2.00 bits per heavy atom. The van der Waals surface area contributed by atoms with Gasteiger partial charge in [0, 0.05) is 23.6 Å². The zero-order valence-corrected chi connectivity index (χ0v) is 11.0. The molecular formula is C13H14BrNO2. The largest absolute Gasteiger partial charge is 0.378 e. The van der Waals surface area contributed by atoms with E-state index >= 15 is 0 Å². The Balaban J connectivity index is 2.00. The number of ether oxygens (including phenoxy) is 1. The summed E-state index contributed by atoms with van der Waals surface area (Å²) in [5, 5.41) is 0. The van der Waals surface area contributed by atoms with Crippen LogP contribution in [0.1, 0.15) is 5.56 Å². The number of morpholine rings is 1. The van der Waals surface area contributed by atoms with E-state index in [0.29, 0.717) is 26.3 Å². The summed E-state index contributed by atoms with van der Waals surface area (Å²) in [6.45, 7) is 2.63. The molecule has 0 atom stereocenters. The molecule has 1 aliphatic rings. The van der Waals surface area contributed by atoms with Gasteiger partial charge in [-0.2, -0.15) is 0 Å². The van der Waals surface area contributed by atoms with Gasteiger partial charge in [-0.05, 0) is 17.7 Å². The Morgan fingerprint density at radius 3 is 2.71 bits per heavy atom. The second kappa shape index (κ2) is 5.98. The minimum Gasteiger partial charge on any atom is -0.378 e. The molecule has 4 heteroatoms. The van der Waals surface area contributed by atoms with E-state index in [1.54, 1.807) is 11.0 Å². The van der Waals surface area contributed by atoms with Crippen LogP contribution in [0, 0.1) is 0 Å². The molecule has 1 saturated heterocycles. The first-order chi connectivity index (χ1) is 8.27. The summed E-state index contributed by atoms with van der Waals surface area (Å²) in [5.74, 6) is 0.0454. The number of halogens is 1. The third-order valence-electron chi connectivity index (χ3n) is 2.63. The smallest absolute Gasteiger partial charge is 0.246 e. The summed E-state index contributed by atoms with van der Waals surface area (Å²) < 4.78 is 6.20. The predicted octanol–water partition coefficient (Wildman–Crippen LogP) is 2.32. The van der Waals surface area contributed by atoms with Gasteiger partial charge in [-0.3, -0.25) is 4.79 Å². The number of nitrogens with zero attached hydrogens (tertiary/aromatic N) is 1. The van der Waals surface area contributed by atoms with E-state index in [9.17, 15) is 4.79 Å². The van der Waals surface area contributed by atoms with Crippen molar-refractivity contribution in [2.75, 3.05) is 26.3 Å². The molecule has 3 nitrogen and oxygen atoms in total. The molecule has 1 heterocycles. The fourth-order valence-electron chi connectivity index (χ4n) is 1.66. The maximum absolute atomic E-state index is 11.9. The van der Waals surface area contributed by atoms with Crippen molar-refractivity contribution < 1.29 is 9.53 Å². The van der Waals surface area contributed by atoms with Crippen LogP contribution in [0.4, 0.5) is 0 Å². The number of carbonyl (C=O) groups is 1. The molecule has 2 rings (SSSR count). The highest BCUT2D eigenvalue weighted by Gasteiger charge is 2.13. The van der Waals surface area contributed by atoms with Crippen LogP contribution in [0.3, 0.4) is 0 Å². The van der Waals surface area contributed by atoms with Crippen LogP contribution in [0.2, 0.25) is 0 Å². The van der Waals surface area contributed by atoms with Crippen LogP contribution in [-0.4, -0.2) is 37.1 Å². The van der Waals surface area contributed by atoms with Gasteiger partial charge in [-0.15, -0.1) is 0 Å². The highest BCUT2D eigenvalue weighted by molar-refractivity contribution is 9.10. The standard InChI is InChI=1S/C13H14BrNO2/c14-12-4-2-1-3-11(12)5-6-13(16)15-7-9-17-10-8-15/h1-6H,7-10H2. The van der Waals surface area contributed by atoms with E-state index < -0.39 is 0 Å². The number of hydrogen-bond donors (Lipinski definition) is 0. The van der Waals surface area contributed by atoms with Crippen molar-refractivity contribution in [3.05, 3.63) is 40.4 Å². The lowest BCUT2D eigenvalue weighted by atomic mass is 10.2. The molecule has 0 aromatic heterocycles. The van der Waals surface area contributed by atoms with Crippen molar-refractivity contribution in [1.82, 2.24) is 4.90 Å². The highest BCUT2D eigenvalue weighted by atomic mass is 79.9. The molecule has 0 radical (unpaired) electrons. The SMILES string of the molecule is O=C(C=Cc1ccccc1Br)N1CCOCC1. The number of hydrogen-bond acceptors (Lipinski definition) is 2. The molecule has 1 aromatic carbocycles. The summed E-state index contributed by atoms with van der Waals surface area (Å²) >= 11 is 3.45. The number of amides is 1. The zero-order valence-electron chi connectivity index (χ0n) is 9.43. The minimum absolute atomic E-state index is 0.0454. The van der Waals surface area contributed by atoms with Gasteiger partial charge in [0.05, 0.1) is 13.2 Å². The van der Waals surface area contributed by atoms with Crippen molar-refractivity contribution in [2.24, 2.45) is 0 Å². The van der Waals surface area contributed by atoms with Crippen LogP contribution in [-0.2, 0) is 9.53 Å². The van der Waals surface area contributed by atoms with Gasteiger partial charge < -0.3 is 9.64 Å². The van der Waals surface area contributed by atoms with E-state index in [-0.39, 0.29) is 5.91 Å². The average Bonchev–Trinajstić information content (AvgIpc) is 2.38. The number of carbonyl (C=O) groups excluding carboxylic acids is 1. The Labute approximate surface area is 109 Å². The van der Waals surface area contributed by atoms with E-state index in [0.717, 1.165) is 10.0 Å². The Hall–Kier alpha value is -1.13. The first-order valence-electron chi connectivity index (χ1n) is 5.56. The minimum atomic E-state index is 0.0454. The topological polar surface area (TPSA) is 29.5 Å². The fourth-order valence-corrected chi connectivity index (χ4v) is 2.08. The molecule has 1 aromatic rings. The van der Waals surface area contributed by atoms with Crippen molar-refractivity contribution in [2.45, 2.75) is 0 Å². The Kier molecular flexibility index (Phi) is 4.34. The molecule has 0 saturated carbocycles. The lowest BCUT2D eigenvalue weighted by Crippen LogP contribution is -2.39. The van der Waals surface area contributed by atoms with E-state index in [1.807, 2.05) is 30.3 Å². The number of benzene rings is 1. The maximum Gasteiger partial charge on any atom is 0.246 e. The van der Waals surface area contributed by atoms with Gasteiger partial charge in [0.25, 0.3) is 0 Å². The Bertz CT molecular complexity index is 425. The molecule has 0 N–H and O–H groups in total. The normalized spacial score (nSPS) is 16.4. The molecule has 1 aliphatic heterocycles. The zero-order chi connectivity index (χ0) is 12.1. The van der Waals surface area contributed by atoms with Gasteiger partial charge in [-0.25, -0.2) is 0 Å². The monoisotopic (exact) mass is 295 g/mol. The van der Waals surface area contributed by atoms with E-state index in [2.05, 4.69) is 15.9 Å². The molecule has 90 valence electrons. The lowest BCUT2D eigenvalue weighted by Gasteiger charge is -2.25. The molecule has 17 heavy (non-hydrogen) atoms. The van der Waals surface area contributed by atoms with E-state index in [1.165, 1.54) is 0 Å². The summed E-state index contributed by atoms with van der Waals surface area (Å²) in [6.07, 6.45) is 3.45. The van der Waals surface area contributed by atoms with Crippen LogP contribution in [0.5, 0.6) is 0 Å². The van der Waals surface area contributed by atoms with Crippen molar-refractivity contribution in [1.29, 1.82) is 0 Å². The van der Waals surface area contributed by atoms with Crippen LogP contribution < -0.4 is 0 Å². The third-order valence-corrected chi connectivity index (χ3v) is 3.36.